The molecule has 0 saturated heterocycles. The summed E-state index contributed by atoms with van der Waals surface area (Å²) < 4.78 is 0. The summed E-state index contributed by atoms with van der Waals surface area (Å²) in [5, 5.41) is 0. The first-order chi connectivity index (χ1) is 7.93. The van der Waals surface area contributed by atoms with Crippen LogP contribution in [0.4, 0.5) is 0 Å². The van der Waals surface area contributed by atoms with Gasteiger partial charge < -0.3 is 0 Å². The van der Waals surface area contributed by atoms with Crippen LogP contribution < -0.4 is 0 Å². The molecule has 1 aromatic rings. The van der Waals surface area contributed by atoms with Crippen molar-refractivity contribution in [2.45, 2.75) is 44.9 Å². The van der Waals surface area contributed by atoms with E-state index in [1.54, 1.807) is 0 Å². The highest BCUT2D eigenvalue weighted by Crippen LogP contribution is 2.09. The Balaban J connectivity index is 1.92. The molecule has 0 aliphatic carbocycles. The lowest BCUT2D eigenvalue weighted by molar-refractivity contribution is 0.617. The van der Waals surface area contributed by atoms with Gasteiger partial charge in [-0.2, -0.15) is 0 Å². The summed E-state index contributed by atoms with van der Waals surface area (Å²) in [5.74, 6) is 0. The summed E-state index contributed by atoms with van der Waals surface area (Å²) in [6.07, 6.45) is 13.2. The third kappa shape index (κ3) is 6.44. The smallest absolute Gasteiger partial charge is 0.0279 e. The van der Waals surface area contributed by atoms with E-state index in [1.165, 1.54) is 50.5 Å². The average molecular weight is 215 g/mol. The second kappa shape index (κ2) is 9.21. The Kier molecular flexibility index (Phi) is 7.49. The van der Waals surface area contributed by atoms with E-state index in [0.29, 0.717) is 0 Å². The summed E-state index contributed by atoms with van der Waals surface area (Å²) in [7, 11) is 0. The van der Waals surface area contributed by atoms with E-state index in [0.717, 1.165) is 0 Å². The molecule has 0 heterocycles. The SMILES string of the molecule is [CH2]C=CCCCCCCCc1ccccc1. The molecular weight excluding hydrogens is 192 g/mol. The predicted octanol–water partition coefficient (Wildman–Crippen LogP) is 4.96. The third-order valence-corrected chi connectivity index (χ3v) is 2.85. The van der Waals surface area contributed by atoms with E-state index in [4.69, 9.17) is 0 Å². The number of benzene rings is 1. The van der Waals surface area contributed by atoms with Crippen LogP contribution in [0, 0.1) is 6.92 Å². The predicted molar refractivity (Wildman–Crippen MR) is 72.3 cm³/mol. The Morgan fingerprint density at radius 3 is 2.31 bits per heavy atom. The third-order valence-electron chi connectivity index (χ3n) is 2.85. The Morgan fingerprint density at radius 2 is 1.56 bits per heavy atom. The molecule has 1 rings (SSSR count). The normalized spacial score (nSPS) is 11.1. The molecule has 0 aromatic heterocycles. The maximum absolute atomic E-state index is 3.69. The molecule has 0 heteroatoms. The van der Waals surface area contributed by atoms with Gasteiger partial charge in [0, 0.05) is 0 Å². The van der Waals surface area contributed by atoms with Gasteiger partial charge in [0.2, 0.25) is 0 Å². The van der Waals surface area contributed by atoms with E-state index >= 15 is 0 Å². The highest BCUT2D eigenvalue weighted by atomic mass is 14.0. The first kappa shape index (κ1) is 13.0. The van der Waals surface area contributed by atoms with Gasteiger partial charge in [-0.3, -0.25) is 0 Å². The lowest BCUT2D eigenvalue weighted by Gasteiger charge is -2.01. The van der Waals surface area contributed by atoms with E-state index in [-0.39, 0.29) is 0 Å². The first-order valence-corrected chi connectivity index (χ1v) is 6.41. The maximum Gasteiger partial charge on any atom is -0.0279 e. The molecule has 0 unspecified atom stereocenters. The van der Waals surface area contributed by atoms with Crippen molar-refractivity contribution in [1.29, 1.82) is 0 Å². The van der Waals surface area contributed by atoms with Crippen LogP contribution in [0.25, 0.3) is 0 Å². The minimum absolute atomic E-state index is 1.20. The van der Waals surface area contributed by atoms with Crippen molar-refractivity contribution >= 4 is 0 Å². The molecule has 16 heavy (non-hydrogen) atoms. The van der Waals surface area contributed by atoms with Gasteiger partial charge in [0.1, 0.15) is 0 Å². The molecule has 0 aliphatic rings. The molecule has 0 atom stereocenters. The zero-order valence-corrected chi connectivity index (χ0v) is 10.2. The Labute approximate surface area is 100 Å². The lowest BCUT2D eigenvalue weighted by Crippen LogP contribution is -1.85. The largest absolute Gasteiger partial charge is 0.0885 e. The molecule has 0 spiro atoms. The van der Waals surface area contributed by atoms with Crippen molar-refractivity contribution in [1.82, 2.24) is 0 Å². The fraction of sp³-hybridized carbons (Fsp3) is 0.438. The lowest BCUT2D eigenvalue weighted by atomic mass is 10.0. The number of unbranched alkanes of at least 4 members (excludes halogenated alkanes) is 5. The minimum Gasteiger partial charge on any atom is -0.0885 e. The van der Waals surface area contributed by atoms with Crippen molar-refractivity contribution in [3.63, 3.8) is 0 Å². The van der Waals surface area contributed by atoms with Crippen molar-refractivity contribution in [3.8, 4) is 0 Å². The van der Waals surface area contributed by atoms with Crippen molar-refractivity contribution in [2.75, 3.05) is 0 Å². The van der Waals surface area contributed by atoms with Crippen LogP contribution in [0.3, 0.4) is 0 Å². The van der Waals surface area contributed by atoms with Crippen LogP contribution >= 0.6 is 0 Å². The average Bonchev–Trinajstić information content (AvgIpc) is 2.34. The molecule has 0 aliphatic heterocycles. The van der Waals surface area contributed by atoms with E-state index in [9.17, 15) is 0 Å². The van der Waals surface area contributed by atoms with Crippen LogP contribution in [-0.4, -0.2) is 0 Å². The molecule has 1 aromatic carbocycles. The fourth-order valence-corrected chi connectivity index (χ4v) is 1.88. The van der Waals surface area contributed by atoms with Gasteiger partial charge in [-0.05, 0) is 38.2 Å². The second-order valence-corrected chi connectivity index (χ2v) is 4.26. The highest BCUT2D eigenvalue weighted by molar-refractivity contribution is 5.14. The fourth-order valence-electron chi connectivity index (χ4n) is 1.88. The molecule has 0 amide bonds. The van der Waals surface area contributed by atoms with Crippen LogP contribution in [-0.2, 0) is 6.42 Å². The van der Waals surface area contributed by atoms with Crippen LogP contribution in [0.1, 0.15) is 44.1 Å². The van der Waals surface area contributed by atoms with Gasteiger partial charge in [0.05, 0.1) is 0 Å². The summed E-state index contributed by atoms with van der Waals surface area (Å²) >= 11 is 0. The monoisotopic (exact) mass is 215 g/mol. The number of aryl methyl sites for hydroxylation is 1. The van der Waals surface area contributed by atoms with Gasteiger partial charge in [-0.15, -0.1) is 0 Å². The zero-order chi connectivity index (χ0) is 11.5. The molecule has 87 valence electrons. The molecule has 0 bridgehead atoms. The Hall–Kier alpha value is -1.04. The van der Waals surface area contributed by atoms with Crippen molar-refractivity contribution < 1.29 is 0 Å². The van der Waals surface area contributed by atoms with Gasteiger partial charge in [0.25, 0.3) is 0 Å². The van der Waals surface area contributed by atoms with Crippen LogP contribution in [0.5, 0.6) is 0 Å². The molecule has 0 fully saturated rings. The summed E-state index contributed by atoms with van der Waals surface area (Å²) in [6, 6.07) is 10.8. The van der Waals surface area contributed by atoms with E-state index < -0.39 is 0 Å². The maximum atomic E-state index is 3.69. The summed E-state index contributed by atoms with van der Waals surface area (Å²) in [6.45, 7) is 3.69. The summed E-state index contributed by atoms with van der Waals surface area (Å²) in [4.78, 5) is 0. The molecule has 0 N–H and O–H groups in total. The number of allylic oxidation sites excluding steroid dienone is 2. The number of rotatable bonds is 8. The van der Waals surface area contributed by atoms with E-state index in [2.05, 4.69) is 43.3 Å². The number of hydrogen-bond donors (Lipinski definition) is 0. The number of hydrogen-bond acceptors (Lipinski definition) is 0. The molecule has 0 saturated carbocycles. The minimum atomic E-state index is 1.20. The quantitative estimate of drug-likeness (QED) is 0.538. The van der Waals surface area contributed by atoms with Crippen molar-refractivity contribution in [2.24, 2.45) is 0 Å². The van der Waals surface area contributed by atoms with E-state index in [1.807, 2.05) is 6.08 Å². The van der Waals surface area contributed by atoms with Crippen molar-refractivity contribution in [3.05, 3.63) is 55.0 Å². The summed E-state index contributed by atoms with van der Waals surface area (Å²) in [5.41, 5.74) is 1.47. The Morgan fingerprint density at radius 1 is 0.875 bits per heavy atom. The highest BCUT2D eigenvalue weighted by Gasteiger charge is 1.92. The second-order valence-electron chi connectivity index (χ2n) is 4.26. The Bertz CT molecular complexity index is 271. The van der Waals surface area contributed by atoms with Gasteiger partial charge >= 0.3 is 0 Å². The van der Waals surface area contributed by atoms with Gasteiger partial charge in [-0.25, -0.2) is 0 Å². The first-order valence-electron chi connectivity index (χ1n) is 6.41. The van der Waals surface area contributed by atoms with Crippen LogP contribution in [0.2, 0.25) is 0 Å². The van der Waals surface area contributed by atoms with Gasteiger partial charge in [-0.1, -0.05) is 61.7 Å². The topological polar surface area (TPSA) is 0 Å². The van der Waals surface area contributed by atoms with Gasteiger partial charge in [0.15, 0.2) is 0 Å². The molecular formula is C16H23. The zero-order valence-electron chi connectivity index (χ0n) is 10.2. The van der Waals surface area contributed by atoms with Crippen LogP contribution in [0.15, 0.2) is 42.5 Å². The standard InChI is InChI=1S/C16H23/c1-2-3-4-5-6-7-8-10-13-16-14-11-9-12-15-16/h2-3,9,11-12,14-15H,1,4-8,10,13H2. The molecule has 0 nitrogen and oxygen atoms in total. The molecule has 1 radical (unpaired) electrons.